The Bertz CT molecular complexity index is 1280. The molecule has 2 fully saturated rings. The Kier molecular flexibility index (Phi) is 7.68. The van der Waals surface area contributed by atoms with Gasteiger partial charge in [-0.2, -0.15) is 0 Å². The zero-order chi connectivity index (χ0) is 27.1. The predicted octanol–water partition coefficient (Wildman–Crippen LogP) is 4.59. The molecule has 1 saturated heterocycles. The number of amides is 1. The number of anilines is 2. The van der Waals surface area contributed by atoms with E-state index in [-0.39, 0.29) is 11.7 Å². The lowest BCUT2D eigenvalue weighted by Crippen LogP contribution is -2.51. The van der Waals surface area contributed by atoms with Crippen LogP contribution < -0.4 is 10.2 Å². The number of aliphatic imine (C=N–C) groups is 1. The maximum atomic E-state index is 13.3. The van der Waals surface area contributed by atoms with Gasteiger partial charge in [0.05, 0.1) is 5.75 Å². The van der Waals surface area contributed by atoms with Gasteiger partial charge in [0.15, 0.2) is 5.13 Å². The molecule has 5 rings (SSSR count). The van der Waals surface area contributed by atoms with Gasteiger partial charge in [-0.15, -0.1) is 11.3 Å². The van der Waals surface area contributed by atoms with Gasteiger partial charge < -0.3 is 10.2 Å². The van der Waals surface area contributed by atoms with Crippen molar-refractivity contribution < 1.29 is 13.2 Å². The number of aryl methyl sites for hydroxylation is 2. The highest BCUT2D eigenvalue weighted by molar-refractivity contribution is 7.89. The van der Waals surface area contributed by atoms with E-state index in [1.54, 1.807) is 21.8 Å². The van der Waals surface area contributed by atoms with E-state index in [2.05, 4.69) is 34.3 Å². The van der Waals surface area contributed by atoms with Gasteiger partial charge in [-0.05, 0) is 80.7 Å². The minimum atomic E-state index is -3.45. The van der Waals surface area contributed by atoms with Crippen molar-refractivity contribution in [3.8, 4) is 0 Å². The maximum absolute atomic E-state index is 13.3. The third-order valence-electron chi connectivity index (χ3n) is 8.73. The van der Waals surface area contributed by atoms with Crippen LogP contribution in [0.15, 0.2) is 28.7 Å². The number of benzene rings is 1. The first-order valence-electron chi connectivity index (χ1n) is 13.7. The van der Waals surface area contributed by atoms with Gasteiger partial charge >= 0.3 is 0 Å². The number of thiazole rings is 1. The number of sulfonamides is 1. The number of carbonyl (C=O) groups is 1. The number of nitrogens with one attached hydrogen (secondary N) is 1. The average Bonchev–Trinajstić information content (AvgIpc) is 3.53. The van der Waals surface area contributed by atoms with Crippen molar-refractivity contribution >= 4 is 43.9 Å². The first kappa shape index (κ1) is 27.3. The van der Waals surface area contributed by atoms with Crippen molar-refractivity contribution in [2.75, 3.05) is 30.8 Å². The molecule has 10 heteroatoms. The predicted molar refractivity (Wildman–Crippen MR) is 154 cm³/mol. The molecule has 206 valence electrons. The van der Waals surface area contributed by atoms with Gasteiger partial charge in [0.25, 0.3) is 5.91 Å². The molecule has 2 aliphatic heterocycles. The summed E-state index contributed by atoms with van der Waals surface area (Å²) in [6, 6.07) is 4.20. The highest BCUT2D eigenvalue weighted by atomic mass is 32.2. The van der Waals surface area contributed by atoms with Crippen molar-refractivity contribution in [2.24, 2.45) is 16.8 Å². The number of carbonyl (C=O) groups excluding carboxylic acids is 1. The van der Waals surface area contributed by atoms with Gasteiger partial charge in [-0.1, -0.05) is 19.8 Å². The maximum Gasteiger partial charge on any atom is 0.253 e. The summed E-state index contributed by atoms with van der Waals surface area (Å²) in [5.41, 5.74) is 3.48. The van der Waals surface area contributed by atoms with Crippen LogP contribution in [0, 0.1) is 25.7 Å². The van der Waals surface area contributed by atoms with Gasteiger partial charge in [0.1, 0.15) is 11.4 Å². The van der Waals surface area contributed by atoms with E-state index in [0.717, 1.165) is 52.1 Å². The molecule has 3 heterocycles. The molecule has 1 aliphatic carbocycles. The largest absolute Gasteiger partial charge is 0.321 e. The number of piperidine rings is 1. The van der Waals surface area contributed by atoms with Crippen LogP contribution >= 0.6 is 11.3 Å². The number of hydrogen-bond donors (Lipinski definition) is 1. The second kappa shape index (κ2) is 10.7. The summed E-state index contributed by atoms with van der Waals surface area (Å²) in [7, 11) is -1.45. The molecule has 0 bridgehead atoms. The number of nitrogens with zero attached hydrogens (tertiary/aromatic N) is 4. The van der Waals surface area contributed by atoms with Gasteiger partial charge in [0.2, 0.25) is 10.0 Å². The third kappa shape index (κ3) is 5.40. The first-order chi connectivity index (χ1) is 18.1. The Morgan fingerprint density at radius 1 is 1.13 bits per heavy atom. The van der Waals surface area contributed by atoms with Crippen LogP contribution in [-0.2, 0) is 21.2 Å². The molecule has 0 unspecified atom stereocenters. The summed E-state index contributed by atoms with van der Waals surface area (Å²) in [6.07, 6.45) is 7.62. The number of hydrogen-bond acceptors (Lipinski definition) is 7. The second-order valence-electron chi connectivity index (χ2n) is 11.3. The van der Waals surface area contributed by atoms with Crippen molar-refractivity contribution in [1.82, 2.24) is 14.6 Å². The molecule has 1 amide bonds. The van der Waals surface area contributed by atoms with E-state index in [4.69, 9.17) is 4.99 Å². The average molecular weight is 558 g/mol. The Morgan fingerprint density at radius 3 is 2.39 bits per heavy atom. The summed E-state index contributed by atoms with van der Waals surface area (Å²) in [4.78, 5) is 24.3. The molecule has 2 aromatic rings. The smallest absolute Gasteiger partial charge is 0.253 e. The van der Waals surface area contributed by atoms with E-state index >= 15 is 0 Å². The minimum absolute atomic E-state index is 0.0442. The van der Waals surface area contributed by atoms with E-state index < -0.39 is 15.6 Å². The zero-order valence-electron chi connectivity index (χ0n) is 22.9. The van der Waals surface area contributed by atoms with Crippen LogP contribution in [0.1, 0.15) is 62.1 Å². The fourth-order valence-corrected chi connectivity index (χ4v) is 8.24. The Hall–Kier alpha value is -2.30. The summed E-state index contributed by atoms with van der Waals surface area (Å²) in [6.45, 7) is 7.04. The van der Waals surface area contributed by atoms with E-state index in [9.17, 15) is 13.2 Å². The van der Waals surface area contributed by atoms with E-state index in [1.165, 1.54) is 12.8 Å². The van der Waals surface area contributed by atoms with Crippen LogP contribution in [0.5, 0.6) is 0 Å². The fraction of sp³-hybridized carbons (Fsp3) is 0.607. The van der Waals surface area contributed by atoms with Crippen molar-refractivity contribution in [3.05, 3.63) is 40.4 Å². The molecule has 1 aromatic carbocycles. The van der Waals surface area contributed by atoms with Crippen molar-refractivity contribution in [1.29, 1.82) is 0 Å². The third-order valence-corrected chi connectivity index (χ3v) is 11.4. The minimum Gasteiger partial charge on any atom is -0.321 e. The summed E-state index contributed by atoms with van der Waals surface area (Å²) < 4.78 is 28.2. The molecule has 1 aromatic heterocycles. The summed E-state index contributed by atoms with van der Waals surface area (Å²) in [5, 5.41) is 5.94. The zero-order valence-corrected chi connectivity index (χ0v) is 24.5. The quantitative estimate of drug-likeness (QED) is 0.537. The molecule has 0 atom stereocenters. The lowest BCUT2D eigenvalue weighted by atomic mass is 9.82. The molecule has 1 saturated carbocycles. The number of amidine groups is 1. The van der Waals surface area contributed by atoms with Crippen LogP contribution in [0.4, 0.5) is 10.8 Å². The van der Waals surface area contributed by atoms with Crippen LogP contribution in [-0.4, -0.2) is 60.9 Å². The number of rotatable bonds is 7. The second-order valence-corrected chi connectivity index (χ2v) is 14.3. The van der Waals surface area contributed by atoms with Crippen molar-refractivity contribution in [3.63, 3.8) is 0 Å². The lowest BCUT2D eigenvalue weighted by molar-refractivity contribution is -0.125. The SMILES string of the molecule is Cc1cc(N(C)c2nccs2)cc(C)c1CCS(=O)(=O)N1CCC2(CC1)N=C(C1CCC(C)CC1)NC2=O. The summed E-state index contributed by atoms with van der Waals surface area (Å²) in [5.74, 6) is 1.92. The Balaban J connectivity index is 1.21. The normalized spacial score (nSPS) is 23.9. The molecular formula is C28H39N5O3S2. The van der Waals surface area contributed by atoms with E-state index in [0.29, 0.717) is 38.3 Å². The molecule has 1 N–H and O–H groups in total. The monoisotopic (exact) mass is 557 g/mol. The Morgan fingerprint density at radius 2 is 1.79 bits per heavy atom. The lowest BCUT2D eigenvalue weighted by Gasteiger charge is -2.34. The molecular weight excluding hydrogens is 518 g/mol. The van der Waals surface area contributed by atoms with E-state index in [1.807, 2.05) is 26.3 Å². The van der Waals surface area contributed by atoms with Gasteiger partial charge in [0, 0.05) is 43.3 Å². The molecule has 38 heavy (non-hydrogen) atoms. The topological polar surface area (TPSA) is 95.0 Å². The van der Waals surface area contributed by atoms with Gasteiger partial charge in [-0.25, -0.2) is 17.7 Å². The molecule has 8 nitrogen and oxygen atoms in total. The molecule has 3 aliphatic rings. The standard InChI is InChI=1S/C28H39N5O3S2/c1-19-5-7-22(8-6-19)25-30-26(34)28(31-25)10-13-33(14-11-28)38(35,36)16-9-24-20(2)17-23(18-21(24)3)32(4)27-29-12-15-37-27/h12,15,17-19,22H,5-11,13-14,16H2,1-4H3,(H,30,31,34). The highest BCUT2D eigenvalue weighted by Crippen LogP contribution is 2.36. The first-order valence-corrected chi connectivity index (χ1v) is 16.2. The molecule has 1 spiro atoms. The van der Waals surface area contributed by atoms with Crippen LogP contribution in [0.3, 0.4) is 0 Å². The molecule has 0 radical (unpaired) electrons. The summed E-state index contributed by atoms with van der Waals surface area (Å²) >= 11 is 1.58. The van der Waals surface area contributed by atoms with Crippen LogP contribution in [0.25, 0.3) is 0 Å². The number of aromatic nitrogens is 1. The Labute approximate surface area is 230 Å². The van der Waals surface area contributed by atoms with Crippen LogP contribution in [0.2, 0.25) is 0 Å². The fourth-order valence-electron chi connectivity index (χ4n) is 6.15. The van der Waals surface area contributed by atoms with Gasteiger partial charge in [-0.3, -0.25) is 9.79 Å². The van der Waals surface area contributed by atoms with Crippen molar-refractivity contribution in [2.45, 2.75) is 71.3 Å². The highest BCUT2D eigenvalue weighted by Gasteiger charge is 2.48.